The van der Waals surface area contributed by atoms with Crippen molar-refractivity contribution < 1.29 is 17.9 Å². The summed E-state index contributed by atoms with van der Waals surface area (Å²) in [4.78, 5) is 24.4. The summed E-state index contributed by atoms with van der Waals surface area (Å²) in [6.07, 6.45) is 5.11. The quantitative estimate of drug-likeness (QED) is 0.587. The lowest BCUT2D eigenvalue weighted by atomic mass is 9.93. The highest BCUT2D eigenvalue weighted by Crippen LogP contribution is 2.32. The highest BCUT2D eigenvalue weighted by atomic mass is 35.5. The van der Waals surface area contributed by atoms with Gasteiger partial charge in [0.1, 0.15) is 0 Å². The summed E-state index contributed by atoms with van der Waals surface area (Å²) in [6.45, 7) is 1.58. The molecule has 0 spiro atoms. The molecule has 1 aromatic heterocycles. The van der Waals surface area contributed by atoms with Gasteiger partial charge in [-0.25, -0.2) is 8.42 Å². The fourth-order valence-corrected chi connectivity index (χ4v) is 3.66. The van der Waals surface area contributed by atoms with Gasteiger partial charge in [0.2, 0.25) is 0 Å². The molecule has 9 heteroatoms. The average molecular weight is 385 g/mol. The first-order valence-electron chi connectivity index (χ1n) is 7.20. The molecule has 1 unspecified atom stereocenters. The Balaban J connectivity index is 2.60. The van der Waals surface area contributed by atoms with Gasteiger partial charge in [0.25, 0.3) is 5.56 Å². The van der Waals surface area contributed by atoms with E-state index in [0.717, 1.165) is 6.26 Å². The molecule has 25 heavy (non-hydrogen) atoms. The number of methoxy groups -OCH3 is 1. The second-order valence-corrected chi connectivity index (χ2v) is 7.80. The molecule has 0 radical (unpaired) electrons. The number of Topliss-reactive ketones (excluding diaryl/α,β-unsaturated/α-hetero) is 1. The van der Waals surface area contributed by atoms with E-state index in [-0.39, 0.29) is 26.6 Å². The normalized spacial score (nSPS) is 13.1. The minimum Gasteiger partial charge on any atom is -0.504 e. The second kappa shape index (κ2) is 7.28. The van der Waals surface area contributed by atoms with Gasteiger partial charge >= 0.3 is 0 Å². The Morgan fingerprint density at radius 1 is 1.36 bits per heavy atom. The molecule has 2 N–H and O–H groups in total. The number of benzene rings is 1. The van der Waals surface area contributed by atoms with Gasteiger partial charge in [0, 0.05) is 29.1 Å². The van der Waals surface area contributed by atoms with Crippen molar-refractivity contribution >= 4 is 33.3 Å². The van der Waals surface area contributed by atoms with Gasteiger partial charge in [-0.15, -0.1) is 0 Å². The van der Waals surface area contributed by atoms with Crippen molar-refractivity contribution in [1.82, 2.24) is 10.2 Å². The van der Waals surface area contributed by atoms with Gasteiger partial charge in [0.05, 0.1) is 29.2 Å². The van der Waals surface area contributed by atoms with E-state index < -0.39 is 27.1 Å². The minimum absolute atomic E-state index is 0.0139. The molecule has 1 aromatic carbocycles. The SMILES string of the molecule is CO/C=C/c1c(S(C)(=O)=O)ccc(C(=O)C(C)c2c[nH][nH]c2=O)c1Cl. The molecule has 0 bridgehead atoms. The number of carbonyl (C=O) groups excluding carboxylic acids is 1. The summed E-state index contributed by atoms with van der Waals surface area (Å²) in [7, 11) is -2.16. The summed E-state index contributed by atoms with van der Waals surface area (Å²) < 4.78 is 28.7. The van der Waals surface area contributed by atoms with E-state index >= 15 is 0 Å². The largest absolute Gasteiger partial charge is 0.504 e. The lowest BCUT2D eigenvalue weighted by Crippen LogP contribution is -2.17. The number of nitrogens with one attached hydrogen (secondary N) is 2. The molecule has 134 valence electrons. The molecule has 0 amide bonds. The third kappa shape index (κ3) is 3.85. The molecule has 1 atom stereocenters. The molecule has 0 aliphatic heterocycles. The Hall–Kier alpha value is -2.32. The first kappa shape index (κ1) is 19.0. The maximum atomic E-state index is 12.7. The summed E-state index contributed by atoms with van der Waals surface area (Å²) >= 11 is 6.31. The first-order chi connectivity index (χ1) is 11.7. The number of rotatable bonds is 6. The van der Waals surface area contributed by atoms with E-state index in [0.29, 0.717) is 0 Å². The zero-order valence-electron chi connectivity index (χ0n) is 13.8. The van der Waals surface area contributed by atoms with Crippen LogP contribution in [0.1, 0.15) is 34.3 Å². The number of H-pyrrole nitrogens is 2. The lowest BCUT2D eigenvalue weighted by molar-refractivity contribution is 0.0965. The second-order valence-electron chi connectivity index (χ2n) is 5.43. The van der Waals surface area contributed by atoms with Crippen LogP contribution in [0.5, 0.6) is 0 Å². The number of halogens is 1. The molecular formula is C16H17ClN2O5S. The molecule has 0 aliphatic rings. The van der Waals surface area contributed by atoms with Crippen LogP contribution in [0.15, 0.2) is 34.3 Å². The number of carbonyl (C=O) groups is 1. The van der Waals surface area contributed by atoms with Crippen molar-refractivity contribution in [3.05, 3.63) is 56.7 Å². The molecule has 0 saturated heterocycles. The first-order valence-corrected chi connectivity index (χ1v) is 9.47. The fourth-order valence-electron chi connectivity index (χ4n) is 2.39. The average Bonchev–Trinajstić information content (AvgIpc) is 2.97. The Labute approximate surface area is 149 Å². The topological polar surface area (TPSA) is 109 Å². The van der Waals surface area contributed by atoms with E-state index in [1.54, 1.807) is 6.92 Å². The summed E-state index contributed by atoms with van der Waals surface area (Å²) in [6, 6.07) is 2.67. The van der Waals surface area contributed by atoms with Crippen LogP contribution in [0.25, 0.3) is 6.08 Å². The Morgan fingerprint density at radius 2 is 2.04 bits per heavy atom. The van der Waals surface area contributed by atoms with E-state index in [1.165, 1.54) is 37.8 Å². The van der Waals surface area contributed by atoms with Gasteiger partial charge in [0.15, 0.2) is 15.6 Å². The number of aromatic nitrogens is 2. The van der Waals surface area contributed by atoms with Gasteiger partial charge < -0.3 is 9.84 Å². The van der Waals surface area contributed by atoms with Crippen LogP contribution in [-0.4, -0.2) is 37.8 Å². The molecule has 2 rings (SSSR count). The van der Waals surface area contributed by atoms with Crippen molar-refractivity contribution in [1.29, 1.82) is 0 Å². The van der Waals surface area contributed by atoms with E-state index in [1.807, 2.05) is 0 Å². The van der Waals surface area contributed by atoms with Crippen LogP contribution in [0.3, 0.4) is 0 Å². The number of ketones is 1. The van der Waals surface area contributed by atoms with E-state index in [9.17, 15) is 18.0 Å². The fraction of sp³-hybridized carbons (Fsp3) is 0.250. The monoisotopic (exact) mass is 384 g/mol. The number of hydrogen-bond acceptors (Lipinski definition) is 5. The zero-order valence-corrected chi connectivity index (χ0v) is 15.4. The summed E-state index contributed by atoms with van der Waals surface area (Å²) in [5, 5.41) is 4.89. The number of aromatic amines is 2. The number of hydrogen-bond donors (Lipinski definition) is 2. The Morgan fingerprint density at radius 3 is 2.56 bits per heavy atom. The van der Waals surface area contributed by atoms with E-state index in [4.69, 9.17) is 16.3 Å². The summed E-state index contributed by atoms with van der Waals surface area (Å²) in [5.41, 5.74) is 0.149. The summed E-state index contributed by atoms with van der Waals surface area (Å²) in [5.74, 6) is -1.15. The molecule has 0 aliphatic carbocycles. The zero-order chi connectivity index (χ0) is 18.8. The van der Waals surface area contributed by atoms with Crippen LogP contribution in [-0.2, 0) is 14.6 Å². The molecular weight excluding hydrogens is 368 g/mol. The maximum absolute atomic E-state index is 12.7. The number of sulfone groups is 1. The van der Waals surface area contributed by atoms with Crippen LogP contribution >= 0.6 is 11.6 Å². The molecule has 7 nitrogen and oxygen atoms in total. The predicted molar refractivity (Wildman–Crippen MR) is 94.8 cm³/mol. The lowest BCUT2D eigenvalue weighted by Gasteiger charge is -2.13. The van der Waals surface area contributed by atoms with Crippen molar-refractivity contribution in [2.45, 2.75) is 17.7 Å². The third-order valence-corrected chi connectivity index (χ3v) is 5.27. The van der Waals surface area contributed by atoms with Gasteiger partial charge in [-0.1, -0.05) is 18.5 Å². The highest BCUT2D eigenvalue weighted by molar-refractivity contribution is 7.90. The van der Waals surface area contributed by atoms with Gasteiger partial charge in [-0.05, 0) is 18.2 Å². The smallest absolute Gasteiger partial charge is 0.267 e. The Bertz CT molecular complexity index is 988. The minimum atomic E-state index is -3.56. The molecule has 0 fully saturated rings. The van der Waals surface area contributed by atoms with Crippen LogP contribution in [0.4, 0.5) is 0 Å². The highest BCUT2D eigenvalue weighted by Gasteiger charge is 2.25. The van der Waals surface area contributed by atoms with Gasteiger partial charge in [-0.3, -0.25) is 14.7 Å². The van der Waals surface area contributed by atoms with E-state index in [2.05, 4.69) is 10.2 Å². The van der Waals surface area contributed by atoms with Crippen LogP contribution in [0.2, 0.25) is 5.02 Å². The van der Waals surface area contributed by atoms with Crippen molar-refractivity contribution in [2.75, 3.05) is 13.4 Å². The van der Waals surface area contributed by atoms with Crippen molar-refractivity contribution in [3.8, 4) is 0 Å². The molecule has 0 saturated carbocycles. The van der Waals surface area contributed by atoms with Gasteiger partial charge in [-0.2, -0.15) is 0 Å². The maximum Gasteiger partial charge on any atom is 0.267 e. The molecule has 2 aromatic rings. The standard InChI is InChI=1S/C16H17ClN2O5S/c1-9(12-8-18-19-16(12)21)15(20)11-4-5-13(25(3,22)23)10(14(11)17)6-7-24-2/h4-9H,1-3H3,(H2,18,19,21)/b7-6+. The Kier molecular flexibility index (Phi) is 5.54. The number of ether oxygens (including phenoxy) is 1. The van der Waals surface area contributed by atoms with Crippen molar-refractivity contribution in [3.63, 3.8) is 0 Å². The van der Waals surface area contributed by atoms with Crippen molar-refractivity contribution in [2.24, 2.45) is 0 Å². The van der Waals surface area contributed by atoms with Crippen LogP contribution < -0.4 is 5.56 Å². The predicted octanol–water partition coefficient (Wildman–Crippen LogP) is 2.36. The third-order valence-electron chi connectivity index (χ3n) is 3.71. The van der Waals surface area contributed by atoms with Crippen LogP contribution in [0, 0.1) is 0 Å². The molecule has 1 heterocycles.